The SMILES string of the molecule is CC(C)(C)CCN(Cc1cc(C(=O)OC(C)(C)C)ccc1N)C(=O)OC(C)(C)C. The largest absolute Gasteiger partial charge is 0.456 e. The van der Waals surface area contributed by atoms with Crippen molar-refractivity contribution in [3.8, 4) is 0 Å². The normalized spacial score (nSPS) is 12.4. The van der Waals surface area contributed by atoms with Gasteiger partial charge in [-0.15, -0.1) is 0 Å². The Bertz CT molecular complexity index is 722. The van der Waals surface area contributed by atoms with E-state index in [0.29, 0.717) is 23.4 Å². The van der Waals surface area contributed by atoms with Crippen LogP contribution in [0.1, 0.15) is 84.7 Å². The minimum absolute atomic E-state index is 0.0597. The molecule has 164 valence electrons. The lowest BCUT2D eigenvalue weighted by Crippen LogP contribution is -2.38. The summed E-state index contributed by atoms with van der Waals surface area (Å²) in [6.07, 6.45) is 0.404. The Morgan fingerprint density at radius 1 is 0.931 bits per heavy atom. The zero-order valence-electron chi connectivity index (χ0n) is 19.5. The van der Waals surface area contributed by atoms with Crippen LogP contribution in [-0.2, 0) is 16.0 Å². The fourth-order valence-electron chi connectivity index (χ4n) is 2.44. The molecule has 1 rings (SSSR count). The monoisotopic (exact) mass is 406 g/mol. The zero-order chi connectivity index (χ0) is 22.6. The maximum absolute atomic E-state index is 12.8. The van der Waals surface area contributed by atoms with Crippen molar-refractivity contribution >= 4 is 17.7 Å². The van der Waals surface area contributed by atoms with Gasteiger partial charge in [0.2, 0.25) is 0 Å². The Kier molecular flexibility index (Phi) is 7.74. The minimum Gasteiger partial charge on any atom is -0.456 e. The molecule has 0 atom stereocenters. The summed E-state index contributed by atoms with van der Waals surface area (Å²) < 4.78 is 11.0. The number of nitrogens with zero attached hydrogens (tertiary/aromatic N) is 1. The van der Waals surface area contributed by atoms with Crippen LogP contribution >= 0.6 is 0 Å². The maximum atomic E-state index is 12.8. The van der Waals surface area contributed by atoms with Crippen LogP contribution in [-0.4, -0.2) is 34.7 Å². The van der Waals surface area contributed by atoms with Crippen LogP contribution in [0.2, 0.25) is 0 Å². The number of ether oxygens (including phenoxy) is 2. The molecule has 0 aromatic heterocycles. The van der Waals surface area contributed by atoms with Gasteiger partial charge in [0.15, 0.2) is 0 Å². The number of esters is 1. The van der Waals surface area contributed by atoms with Crippen molar-refractivity contribution in [3.05, 3.63) is 29.3 Å². The summed E-state index contributed by atoms with van der Waals surface area (Å²) in [6, 6.07) is 5.00. The highest BCUT2D eigenvalue weighted by atomic mass is 16.6. The molecule has 6 nitrogen and oxygen atoms in total. The molecule has 0 aliphatic rings. The summed E-state index contributed by atoms with van der Waals surface area (Å²) in [5.74, 6) is -0.419. The van der Waals surface area contributed by atoms with Gasteiger partial charge in [0.1, 0.15) is 11.2 Å². The first-order valence-electron chi connectivity index (χ1n) is 10.1. The van der Waals surface area contributed by atoms with Gasteiger partial charge in [-0.2, -0.15) is 0 Å². The van der Waals surface area contributed by atoms with Gasteiger partial charge < -0.3 is 20.1 Å². The molecular weight excluding hydrogens is 368 g/mol. The number of benzene rings is 1. The van der Waals surface area contributed by atoms with Gasteiger partial charge in [-0.1, -0.05) is 20.8 Å². The van der Waals surface area contributed by atoms with Crippen LogP contribution in [0.3, 0.4) is 0 Å². The molecule has 1 aromatic rings. The topological polar surface area (TPSA) is 81.9 Å². The second-order valence-corrected chi connectivity index (χ2v) is 10.6. The van der Waals surface area contributed by atoms with Crippen molar-refractivity contribution in [1.82, 2.24) is 4.90 Å². The van der Waals surface area contributed by atoms with Crippen LogP contribution in [0.15, 0.2) is 18.2 Å². The lowest BCUT2D eigenvalue weighted by molar-refractivity contribution is 0.00692. The fraction of sp³-hybridized carbons (Fsp3) is 0.652. The highest BCUT2D eigenvalue weighted by Gasteiger charge is 2.25. The number of hydrogen-bond acceptors (Lipinski definition) is 5. The number of rotatable bonds is 5. The summed E-state index contributed by atoms with van der Waals surface area (Å²) in [6.45, 7) is 18.1. The smallest absolute Gasteiger partial charge is 0.410 e. The van der Waals surface area contributed by atoms with Crippen LogP contribution in [0.5, 0.6) is 0 Å². The predicted octanol–water partition coefficient (Wildman–Crippen LogP) is 5.40. The van der Waals surface area contributed by atoms with Gasteiger partial charge >= 0.3 is 12.1 Å². The first-order chi connectivity index (χ1) is 13.0. The van der Waals surface area contributed by atoms with Crippen molar-refractivity contribution in [1.29, 1.82) is 0 Å². The molecule has 0 aliphatic heterocycles. The lowest BCUT2D eigenvalue weighted by Gasteiger charge is -2.30. The Morgan fingerprint density at radius 2 is 1.48 bits per heavy atom. The van der Waals surface area contributed by atoms with E-state index in [2.05, 4.69) is 20.8 Å². The molecule has 0 radical (unpaired) electrons. The number of carbonyl (C=O) groups excluding carboxylic acids is 2. The number of anilines is 1. The third-order valence-electron chi connectivity index (χ3n) is 3.92. The molecule has 0 aliphatic carbocycles. The maximum Gasteiger partial charge on any atom is 0.410 e. The van der Waals surface area contributed by atoms with E-state index in [-0.39, 0.29) is 12.0 Å². The Morgan fingerprint density at radius 3 is 1.97 bits per heavy atom. The molecule has 0 fully saturated rings. The van der Waals surface area contributed by atoms with E-state index < -0.39 is 23.3 Å². The molecule has 1 aromatic carbocycles. The standard InChI is InChI=1S/C23H38N2O4/c1-21(2,3)12-13-25(20(27)29-23(7,8)9)15-17-14-16(10-11-18(17)24)19(26)28-22(4,5)6/h10-11,14H,12-13,15,24H2,1-9H3. The van der Waals surface area contributed by atoms with E-state index in [1.54, 1.807) is 23.1 Å². The molecule has 0 unspecified atom stereocenters. The van der Waals surface area contributed by atoms with Crippen molar-refractivity contribution in [2.45, 2.75) is 86.5 Å². The Labute approximate surface area is 175 Å². The van der Waals surface area contributed by atoms with Crippen LogP contribution in [0, 0.1) is 5.41 Å². The summed E-state index contributed by atoms with van der Waals surface area (Å²) >= 11 is 0. The quantitative estimate of drug-likeness (QED) is 0.523. The lowest BCUT2D eigenvalue weighted by atomic mass is 9.92. The van der Waals surface area contributed by atoms with Crippen molar-refractivity contribution in [3.63, 3.8) is 0 Å². The number of amides is 1. The van der Waals surface area contributed by atoms with E-state index in [1.165, 1.54) is 0 Å². The average Bonchev–Trinajstić information content (AvgIpc) is 2.48. The van der Waals surface area contributed by atoms with Gasteiger partial charge in [0.25, 0.3) is 0 Å². The summed E-state index contributed by atoms with van der Waals surface area (Å²) in [4.78, 5) is 26.8. The molecule has 6 heteroatoms. The number of hydrogen-bond donors (Lipinski definition) is 1. The summed E-state index contributed by atoms with van der Waals surface area (Å²) in [5, 5.41) is 0. The van der Waals surface area contributed by atoms with Gasteiger partial charge in [-0.3, -0.25) is 0 Å². The van der Waals surface area contributed by atoms with Gasteiger partial charge in [0.05, 0.1) is 12.1 Å². The number of nitrogens with two attached hydrogens (primary N) is 1. The molecule has 29 heavy (non-hydrogen) atoms. The molecule has 0 heterocycles. The summed E-state index contributed by atoms with van der Waals surface area (Å²) in [5.41, 5.74) is 6.63. The molecule has 0 saturated heterocycles. The third-order valence-corrected chi connectivity index (χ3v) is 3.92. The molecular formula is C23H38N2O4. The summed E-state index contributed by atoms with van der Waals surface area (Å²) in [7, 11) is 0. The van der Waals surface area contributed by atoms with Crippen molar-refractivity contribution in [2.24, 2.45) is 5.41 Å². The Balaban J connectivity index is 3.11. The van der Waals surface area contributed by atoms with Crippen molar-refractivity contribution < 1.29 is 19.1 Å². The second kappa shape index (κ2) is 9.06. The van der Waals surface area contributed by atoms with E-state index in [9.17, 15) is 9.59 Å². The number of carbonyl (C=O) groups is 2. The highest BCUT2D eigenvalue weighted by Crippen LogP contribution is 2.24. The van der Waals surface area contributed by atoms with Crippen molar-refractivity contribution in [2.75, 3.05) is 12.3 Å². The van der Waals surface area contributed by atoms with E-state index in [0.717, 1.165) is 6.42 Å². The van der Waals surface area contributed by atoms with Crippen LogP contribution in [0.4, 0.5) is 10.5 Å². The first kappa shape index (κ1) is 24.8. The molecule has 2 N–H and O–H groups in total. The second-order valence-electron chi connectivity index (χ2n) is 10.6. The molecule has 1 amide bonds. The Hall–Kier alpha value is -2.24. The van der Waals surface area contributed by atoms with E-state index >= 15 is 0 Å². The predicted molar refractivity (Wildman–Crippen MR) is 117 cm³/mol. The fourth-order valence-corrected chi connectivity index (χ4v) is 2.44. The minimum atomic E-state index is -0.596. The molecule has 0 spiro atoms. The van der Waals surface area contributed by atoms with Gasteiger partial charge in [0, 0.05) is 12.2 Å². The molecule has 0 bridgehead atoms. The van der Waals surface area contributed by atoms with Gasteiger partial charge in [-0.25, -0.2) is 9.59 Å². The number of nitrogen functional groups attached to an aromatic ring is 1. The third kappa shape index (κ3) is 9.68. The van der Waals surface area contributed by atoms with Crippen LogP contribution in [0.25, 0.3) is 0 Å². The van der Waals surface area contributed by atoms with Crippen LogP contribution < -0.4 is 5.73 Å². The molecule has 0 saturated carbocycles. The highest BCUT2D eigenvalue weighted by molar-refractivity contribution is 5.90. The average molecular weight is 407 g/mol. The van der Waals surface area contributed by atoms with E-state index in [1.807, 2.05) is 41.5 Å². The van der Waals surface area contributed by atoms with Gasteiger partial charge in [-0.05, 0) is 77.1 Å². The van der Waals surface area contributed by atoms with E-state index in [4.69, 9.17) is 15.2 Å². The zero-order valence-corrected chi connectivity index (χ0v) is 19.5. The first-order valence-corrected chi connectivity index (χ1v) is 10.1.